The first-order valence-corrected chi connectivity index (χ1v) is 7.08. The number of thiol groups is 1. The van der Waals surface area contributed by atoms with Gasteiger partial charge in [0.2, 0.25) is 5.91 Å². The Balaban J connectivity index is 1.72. The van der Waals surface area contributed by atoms with Crippen LogP contribution in [0.15, 0.2) is 12.4 Å². The van der Waals surface area contributed by atoms with Gasteiger partial charge < -0.3 is 9.80 Å². The van der Waals surface area contributed by atoms with Crippen LogP contribution in [-0.4, -0.2) is 67.8 Å². The molecule has 3 heterocycles. The third kappa shape index (κ3) is 2.40. The molecule has 0 aliphatic carbocycles. The van der Waals surface area contributed by atoms with Crippen molar-refractivity contribution < 1.29 is 4.79 Å². The number of anilines is 1. The third-order valence-corrected chi connectivity index (χ3v) is 3.60. The molecule has 1 aliphatic rings. The summed E-state index contributed by atoms with van der Waals surface area (Å²) in [5.41, 5.74) is 0.621. The van der Waals surface area contributed by atoms with Gasteiger partial charge in [0.15, 0.2) is 11.5 Å². The number of hydrogen-bond donors (Lipinski definition) is 1. The van der Waals surface area contributed by atoms with Crippen LogP contribution in [0.1, 0.15) is 6.42 Å². The first kappa shape index (κ1) is 13.1. The molecule has 0 aromatic carbocycles. The van der Waals surface area contributed by atoms with E-state index in [0.717, 1.165) is 18.9 Å². The minimum Gasteiger partial charge on any atom is -0.352 e. The number of tetrazole rings is 1. The van der Waals surface area contributed by atoms with Crippen LogP contribution in [0.2, 0.25) is 0 Å². The first-order valence-electron chi connectivity index (χ1n) is 6.45. The molecule has 0 saturated carbocycles. The fourth-order valence-corrected chi connectivity index (χ4v) is 2.51. The van der Waals surface area contributed by atoms with Crippen molar-refractivity contribution in [3.8, 4) is 0 Å². The Labute approximate surface area is 121 Å². The second kappa shape index (κ2) is 5.61. The largest absolute Gasteiger partial charge is 0.352 e. The average Bonchev–Trinajstić information content (AvgIpc) is 2.96. The van der Waals surface area contributed by atoms with Crippen molar-refractivity contribution in [1.29, 1.82) is 0 Å². The SMILES string of the molecule is O=C(CCS)N1CCN(c2cncc3nnnn23)CC1. The summed E-state index contributed by atoms with van der Waals surface area (Å²) in [5, 5.41) is 11.5. The van der Waals surface area contributed by atoms with Crippen LogP contribution in [0.25, 0.3) is 5.65 Å². The van der Waals surface area contributed by atoms with Gasteiger partial charge in [-0.1, -0.05) is 0 Å². The second-order valence-corrected chi connectivity index (χ2v) is 5.00. The van der Waals surface area contributed by atoms with E-state index >= 15 is 0 Å². The van der Waals surface area contributed by atoms with E-state index in [2.05, 4.69) is 38.0 Å². The van der Waals surface area contributed by atoms with Crippen molar-refractivity contribution in [2.45, 2.75) is 6.42 Å². The number of amides is 1. The van der Waals surface area contributed by atoms with Crippen molar-refractivity contribution in [2.75, 3.05) is 36.8 Å². The van der Waals surface area contributed by atoms with Gasteiger partial charge in [0, 0.05) is 32.6 Å². The van der Waals surface area contributed by atoms with Crippen molar-refractivity contribution in [3.63, 3.8) is 0 Å². The van der Waals surface area contributed by atoms with E-state index in [1.807, 2.05) is 4.90 Å². The summed E-state index contributed by atoms with van der Waals surface area (Å²) in [7, 11) is 0. The molecule has 0 N–H and O–H groups in total. The van der Waals surface area contributed by atoms with Crippen LogP contribution in [0.5, 0.6) is 0 Å². The highest BCUT2D eigenvalue weighted by molar-refractivity contribution is 7.80. The van der Waals surface area contributed by atoms with Crippen LogP contribution >= 0.6 is 12.6 Å². The average molecular weight is 293 g/mol. The number of piperazine rings is 1. The van der Waals surface area contributed by atoms with Gasteiger partial charge >= 0.3 is 0 Å². The van der Waals surface area contributed by atoms with Gasteiger partial charge in [-0.25, -0.2) is 0 Å². The highest BCUT2D eigenvalue weighted by atomic mass is 32.1. The van der Waals surface area contributed by atoms with Crippen LogP contribution in [0.3, 0.4) is 0 Å². The maximum Gasteiger partial charge on any atom is 0.223 e. The number of rotatable bonds is 3. The highest BCUT2D eigenvalue weighted by Crippen LogP contribution is 2.15. The Morgan fingerprint density at radius 3 is 2.80 bits per heavy atom. The Morgan fingerprint density at radius 2 is 2.05 bits per heavy atom. The molecule has 8 nitrogen and oxygen atoms in total. The Hall–Kier alpha value is -1.90. The van der Waals surface area contributed by atoms with E-state index in [9.17, 15) is 4.79 Å². The zero-order chi connectivity index (χ0) is 13.9. The van der Waals surface area contributed by atoms with E-state index in [-0.39, 0.29) is 5.91 Å². The van der Waals surface area contributed by atoms with Crippen molar-refractivity contribution in [2.24, 2.45) is 0 Å². The topological polar surface area (TPSA) is 79.5 Å². The number of aromatic nitrogens is 5. The monoisotopic (exact) mass is 293 g/mol. The smallest absolute Gasteiger partial charge is 0.223 e. The Bertz CT molecular complexity index is 608. The molecule has 0 atom stereocenters. The summed E-state index contributed by atoms with van der Waals surface area (Å²) in [6.45, 7) is 2.90. The number of nitrogens with zero attached hydrogens (tertiary/aromatic N) is 7. The molecule has 0 radical (unpaired) electrons. The molecular weight excluding hydrogens is 278 g/mol. The predicted octanol–water partition coefficient (Wildman–Crippen LogP) is -0.512. The number of carbonyl (C=O) groups excluding carboxylic acids is 1. The minimum atomic E-state index is 0.165. The maximum absolute atomic E-state index is 11.8. The van der Waals surface area contributed by atoms with E-state index in [1.165, 1.54) is 0 Å². The molecule has 1 fully saturated rings. The lowest BCUT2D eigenvalue weighted by molar-refractivity contribution is -0.131. The molecule has 2 aromatic rings. The molecule has 9 heteroatoms. The van der Waals surface area contributed by atoms with Crippen LogP contribution < -0.4 is 4.90 Å². The van der Waals surface area contributed by atoms with E-state index < -0.39 is 0 Å². The predicted molar refractivity (Wildman–Crippen MR) is 75.8 cm³/mol. The van der Waals surface area contributed by atoms with Gasteiger partial charge in [-0.15, -0.1) is 5.10 Å². The van der Waals surface area contributed by atoms with Gasteiger partial charge in [-0.05, 0) is 16.2 Å². The fourth-order valence-electron chi connectivity index (χ4n) is 2.32. The van der Waals surface area contributed by atoms with Gasteiger partial charge in [0.25, 0.3) is 0 Å². The fraction of sp³-hybridized carbons (Fsp3) is 0.545. The number of hydrogen-bond acceptors (Lipinski definition) is 7. The lowest BCUT2D eigenvalue weighted by Gasteiger charge is -2.35. The van der Waals surface area contributed by atoms with E-state index in [4.69, 9.17) is 0 Å². The summed E-state index contributed by atoms with van der Waals surface area (Å²) in [4.78, 5) is 20.0. The molecule has 0 bridgehead atoms. The zero-order valence-electron chi connectivity index (χ0n) is 10.9. The molecule has 1 amide bonds. The highest BCUT2D eigenvalue weighted by Gasteiger charge is 2.22. The molecule has 1 saturated heterocycles. The second-order valence-electron chi connectivity index (χ2n) is 4.56. The Kier molecular flexibility index (Phi) is 3.68. The summed E-state index contributed by atoms with van der Waals surface area (Å²) < 4.78 is 1.66. The minimum absolute atomic E-state index is 0.165. The molecule has 0 unspecified atom stereocenters. The van der Waals surface area contributed by atoms with E-state index in [0.29, 0.717) is 30.9 Å². The number of fused-ring (bicyclic) bond motifs is 1. The molecule has 20 heavy (non-hydrogen) atoms. The van der Waals surface area contributed by atoms with Crippen molar-refractivity contribution in [1.82, 2.24) is 29.9 Å². The standard InChI is InChI=1S/C11H15N7OS/c19-11(1-6-20)17-4-2-16(3-5-17)10-8-12-7-9-13-14-15-18(9)10/h7-8,20H,1-6H2. The summed E-state index contributed by atoms with van der Waals surface area (Å²) in [5.74, 6) is 1.61. The normalized spacial score (nSPS) is 15.8. The van der Waals surface area contributed by atoms with Crippen LogP contribution in [0.4, 0.5) is 5.82 Å². The van der Waals surface area contributed by atoms with Gasteiger partial charge in [0.1, 0.15) is 0 Å². The third-order valence-electron chi connectivity index (χ3n) is 3.37. The summed E-state index contributed by atoms with van der Waals surface area (Å²) in [6, 6.07) is 0. The first-order chi connectivity index (χ1) is 9.79. The molecule has 2 aromatic heterocycles. The van der Waals surface area contributed by atoms with Crippen molar-refractivity contribution >= 4 is 30.0 Å². The molecular formula is C11H15N7OS. The lowest BCUT2D eigenvalue weighted by atomic mass is 10.3. The van der Waals surface area contributed by atoms with Gasteiger partial charge in [-0.2, -0.15) is 17.1 Å². The maximum atomic E-state index is 11.8. The molecule has 0 spiro atoms. The van der Waals surface area contributed by atoms with E-state index in [1.54, 1.807) is 16.9 Å². The molecule has 106 valence electrons. The summed E-state index contributed by atoms with van der Waals surface area (Å²) in [6.07, 6.45) is 3.86. The lowest BCUT2D eigenvalue weighted by Crippen LogP contribution is -2.49. The summed E-state index contributed by atoms with van der Waals surface area (Å²) >= 11 is 4.10. The van der Waals surface area contributed by atoms with Gasteiger partial charge in [-0.3, -0.25) is 9.78 Å². The molecule has 1 aliphatic heterocycles. The Morgan fingerprint density at radius 1 is 1.25 bits per heavy atom. The molecule has 3 rings (SSSR count). The van der Waals surface area contributed by atoms with Crippen LogP contribution in [0, 0.1) is 0 Å². The van der Waals surface area contributed by atoms with Crippen LogP contribution in [-0.2, 0) is 4.79 Å². The zero-order valence-corrected chi connectivity index (χ0v) is 11.8. The number of carbonyl (C=O) groups is 1. The van der Waals surface area contributed by atoms with Crippen molar-refractivity contribution in [3.05, 3.63) is 12.4 Å². The quantitative estimate of drug-likeness (QED) is 0.768. The van der Waals surface area contributed by atoms with Gasteiger partial charge in [0.05, 0.1) is 12.4 Å².